The number of likely N-dealkylation sites (tertiary alicyclic amines) is 1. The molecule has 1 amide bonds. The summed E-state index contributed by atoms with van der Waals surface area (Å²) in [5.74, 6) is 0.763. The topological polar surface area (TPSA) is 59.0 Å². The highest BCUT2D eigenvalue weighted by molar-refractivity contribution is 5.68. The first-order valence-corrected chi connectivity index (χ1v) is 8.17. The Morgan fingerprint density at radius 1 is 1.30 bits per heavy atom. The Hall–Kier alpha value is -1.75. The number of aliphatic hydroxyl groups is 1. The summed E-state index contributed by atoms with van der Waals surface area (Å²) in [6.45, 7) is 8.62. The van der Waals surface area contributed by atoms with E-state index >= 15 is 0 Å². The van der Waals surface area contributed by atoms with E-state index in [1.807, 2.05) is 45.0 Å². The maximum Gasteiger partial charge on any atom is 0.410 e. The number of rotatable bonds is 3. The van der Waals surface area contributed by atoms with Gasteiger partial charge in [-0.25, -0.2) is 4.79 Å². The van der Waals surface area contributed by atoms with Crippen molar-refractivity contribution in [3.05, 3.63) is 29.8 Å². The summed E-state index contributed by atoms with van der Waals surface area (Å²) in [7, 11) is 0. The lowest BCUT2D eigenvalue weighted by Crippen LogP contribution is -2.44. The number of hydrogen-bond donors (Lipinski definition) is 1. The van der Waals surface area contributed by atoms with Gasteiger partial charge in [-0.3, -0.25) is 0 Å². The molecular formula is C18H27NO4. The summed E-state index contributed by atoms with van der Waals surface area (Å²) in [5, 5.41) is 9.63. The quantitative estimate of drug-likeness (QED) is 0.925. The van der Waals surface area contributed by atoms with Gasteiger partial charge in [-0.2, -0.15) is 0 Å². The van der Waals surface area contributed by atoms with E-state index in [9.17, 15) is 9.90 Å². The second-order valence-corrected chi connectivity index (χ2v) is 7.03. The van der Waals surface area contributed by atoms with Gasteiger partial charge in [-0.1, -0.05) is 12.1 Å². The molecule has 23 heavy (non-hydrogen) atoms. The molecule has 1 aliphatic rings. The summed E-state index contributed by atoms with van der Waals surface area (Å²) in [6, 6.07) is 7.52. The van der Waals surface area contributed by atoms with Crippen LogP contribution in [0.5, 0.6) is 5.75 Å². The maximum absolute atomic E-state index is 12.0. The minimum atomic E-state index is -0.507. The van der Waals surface area contributed by atoms with Crippen molar-refractivity contribution in [1.82, 2.24) is 4.90 Å². The lowest BCUT2D eigenvalue weighted by molar-refractivity contribution is 0.0126. The number of amides is 1. The van der Waals surface area contributed by atoms with E-state index in [1.165, 1.54) is 0 Å². The van der Waals surface area contributed by atoms with Gasteiger partial charge in [-0.05, 0) is 45.4 Å². The lowest BCUT2D eigenvalue weighted by atomic mass is 10.1. The second kappa shape index (κ2) is 7.21. The van der Waals surface area contributed by atoms with Gasteiger partial charge in [0.2, 0.25) is 0 Å². The van der Waals surface area contributed by atoms with E-state index in [2.05, 4.69) is 0 Å². The van der Waals surface area contributed by atoms with E-state index in [0.717, 1.165) is 24.2 Å². The van der Waals surface area contributed by atoms with Crippen molar-refractivity contribution in [3.8, 4) is 5.75 Å². The van der Waals surface area contributed by atoms with Crippen molar-refractivity contribution >= 4 is 6.09 Å². The summed E-state index contributed by atoms with van der Waals surface area (Å²) in [6.07, 6.45) is 0.869. The van der Waals surface area contributed by atoms with Gasteiger partial charge in [0.1, 0.15) is 17.5 Å². The van der Waals surface area contributed by atoms with Crippen LogP contribution in [0, 0.1) is 0 Å². The van der Waals surface area contributed by atoms with Crippen LogP contribution in [0.1, 0.15) is 52.2 Å². The van der Waals surface area contributed by atoms with Crippen LogP contribution in [-0.2, 0) is 4.74 Å². The third kappa shape index (κ3) is 5.43. The zero-order valence-corrected chi connectivity index (χ0v) is 14.4. The van der Waals surface area contributed by atoms with Crippen LogP contribution in [0.3, 0.4) is 0 Å². The molecule has 1 aromatic rings. The van der Waals surface area contributed by atoms with Gasteiger partial charge in [0, 0.05) is 25.9 Å². The van der Waals surface area contributed by atoms with Crippen molar-refractivity contribution in [2.45, 2.75) is 58.3 Å². The van der Waals surface area contributed by atoms with Crippen LogP contribution in [0.2, 0.25) is 0 Å². The third-order valence-electron chi connectivity index (χ3n) is 3.74. The van der Waals surface area contributed by atoms with Gasteiger partial charge in [0.05, 0.1) is 6.10 Å². The zero-order valence-electron chi connectivity index (χ0n) is 14.4. The highest BCUT2D eigenvalue weighted by Crippen LogP contribution is 2.23. The normalized spacial score (nSPS) is 17.7. The average molecular weight is 321 g/mol. The molecule has 1 aliphatic heterocycles. The largest absolute Gasteiger partial charge is 0.490 e. The molecular weight excluding hydrogens is 294 g/mol. The molecule has 0 saturated carbocycles. The molecule has 2 rings (SSSR count). The molecule has 5 nitrogen and oxygen atoms in total. The maximum atomic E-state index is 12.0. The molecule has 0 bridgehead atoms. The molecule has 1 fully saturated rings. The SMILES string of the molecule is CC(O)c1cccc(OC2CCN(C(=O)OC(C)(C)C)CC2)c1. The molecule has 1 atom stereocenters. The van der Waals surface area contributed by atoms with Crippen LogP contribution in [0.15, 0.2) is 24.3 Å². The van der Waals surface area contributed by atoms with Crippen molar-refractivity contribution < 1.29 is 19.4 Å². The van der Waals surface area contributed by atoms with Crippen molar-refractivity contribution in [1.29, 1.82) is 0 Å². The summed E-state index contributed by atoms with van der Waals surface area (Å²) < 4.78 is 11.4. The summed E-state index contributed by atoms with van der Waals surface area (Å²) in [5.41, 5.74) is 0.375. The van der Waals surface area contributed by atoms with Gasteiger partial charge < -0.3 is 19.5 Å². The zero-order chi connectivity index (χ0) is 17.0. The summed E-state index contributed by atoms with van der Waals surface area (Å²) in [4.78, 5) is 13.8. The number of hydrogen-bond acceptors (Lipinski definition) is 4. The van der Waals surface area contributed by atoms with E-state index in [-0.39, 0.29) is 12.2 Å². The Morgan fingerprint density at radius 3 is 2.52 bits per heavy atom. The molecule has 1 N–H and O–H groups in total. The van der Waals surface area contributed by atoms with Crippen LogP contribution in [0.25, 0.3) is 0 Å². The van der Waals surface area contributed by atoms with Crippen LogP contribution in [-0.4, -0.2) is 40.9 Å². The van der Waals surface area contributed by atoms with E-state index in [1.54, 1.807) is 11.8 Å². The lowest BCUT2D eigenvalue weighted by Gasteiger charge is -2.33. The van der Waals surface area contributed by atoms with Gasteiger partial charge in [0.15, 0.2) is 0 Å². The monoisotopic (exact) mass is 321 g/mol. The molecule has 0 radical (unpaired) electrons. The third-order valence-corrected chi connectivity index (χ3v) is 3.74. The van der Waals surface area contributed by atoms with Gasteiger partial charge >= 0.3 is 6.09 Å². The van der Waals surface area contributed by atoms with E-state index in [4.69, 9.17) is 9.47 Å². The molecule has 1 saturated heterocycles. The number of benzene rings is 1. The fraction of sp³-hybridized carbons (Fsp3) is 0.611. The Balaban J connectivity index is 1.85. The molecule has 1 aromatic carbocycles. The predicted octanol–water partition coefficient (Wildman–Crippen LogP) is 3.52. The van der Waals surface area contributed by atoms with E-state index in [0.29, 0.717) is 13.1 Å². The number of aliphatic hydroxyl groups excluding tert-OH is 1. The van der Waals surface area contributed by atoms with Crippen LogP contribution >= 0.6 is 0 Å². The number of ether oxygens (including phenoxy) is 2. The standard InChI is InChI=1S/C18H27NO4/c1-13(20)14-6-5-7-16(12-14)22-15-8-10-19(11-9-15)17(21)23-18(2,3)4/h5-7,12-13,15,20H,8-11H2,1-4H3. The average Bonchev–Trinajstić information content (AvgIpc) is 2.46. The minimum Gasteiger partial charge on any atom is -0.490 e. The van der Waals surface area contributed by atoms with Crippen molar-refractivity contribution in [2.24, 2.45) is 0 Å². The first-order valence-electron chi connectivity index (χ1n) is 8.17. The second-order valence-electron chi connectivity index (χ2n) is 7.03. The smallest absolute Gasteiger partial charge is 0.410 e. The molecule has 5 heteroatoms. The van der Waals surface area contributed by atoms with E-state index < -0.39 is 11.7 Å². The minimum absolute atomic E-state index is 0.0814. The fourth-order valence-corrected chi connectivity index (χ4v) is 2.52. The Bertz CT molecular complexity index is 528. The highest BCUT2D eigenvalue weighted by Gasteiger charge is 2.27. The van der Waals surface area contributed by atoms with Crippen LogP contribution < -0.4 is 4.74 Å². The first-order chi connectivity index (χ1) is 10.7. The van der Waals surface area contributed by atoms with Crippen molar-refractivity contribution in [3.63, 3.8) is 0 Å². The first kappa shape index (κ1) is 17.6. The van der Waals surface area contributed by atoms with Gasteiger partial charge in [-0.15, -0.1) is 0 Å². The van der Waals surface area contributed by atoms with Gasteiger partial charge in [0.25, 0.3) is 0 Å². The summed E-state index contributed by atoms with van der Waals surface area (Å²) >= 11 is 0. The fourth-order valence-electron chi connectivity index (χ4n) is 2.52. The number of carbonyl (C=O) groups excluding carboxylic acids is 1. The number of nitrogens with zero attached hydrogens (tertiary/aromatic N) is 1. The Morgan fingerprint density at radius 2 is 1.96 bits per heavy atom. The predicted molar refractivity (Wildman–Crippen MR) is 88.5 cm³/mol. The molecule has 0 aromatic heterocycles. The Labute approximate surface area is 138 Å². The Kier molecular flexibility index (Phi) is 5.52. The molecule has 1 unspecified atom stereocenters. The molecule has 0 aliphatic carbocycles. The van der Waals surface area contributed by atoms with Crippen LogP contribution in [0.4, 0.5) is 4.79 Å². The molecule has 128 valence electrons. The number of piperidine rings is 1. The highest BCUT2D eigenvalue weighted by atomic mass is 16.6. The number of carbonyl (C=O) groups is 1. The van der Waals surface area contributed by atoms with Crippen molar-refractivity contribution in [2.75, 3.05) is 13.1 Å². The molecule has 0 spiro atoms. The molecule has 1 heterocycles.